The summed E-state index contributed by atoms with van der Waals surface area (Å²) in [6.45, 7) is 0.767. The van der Waals surface area contributed by atoms with Crippen molar-refractivity contribution >= 4 is 49.2 Å². The Morgan fingerprint density at radius 1 is 1.67 bits per heavy atom. The Balaban J connectivity index is 2.26. The molecule has 0 fully saturated rings. The minimum absolute atomic E-state index is 0.104. The summed E-state index contributed by atoms with van der Waals surface area (Å²) in [6, 6.07) is 1.86. The van der Waals surface area contributed by atoms with Crippen LogP contribution in [0, 0.1) is 0 Å². The molecule has 15 heavy (non-hydrogen) atoms. The van der Waals surface area contributed by atoms with Crippen molar-refractivity contribution in [1.82, 2.24) is 9.55 Å². The molecule has 3 nitrogen and oxygen atoms in total. The van der Waals surface area contributed by atoms with Gasteiger partial charge in [0.2, 0.25) is 0 Å². The van der Waals surface area contributed by atoms with Crippen LogP contribution in [0.5, 0.6) is 0 Å². The molecule has 0 saturated heterocycles. The highest BCUT2D eigenvalue weighted by atomic mass is 79.9. The largest absolute Gasteiger partial charge is 0.286 e. The molecule has 1 aliphatic rings. The molecule has 0 aromatic carbocycles. The molecule has 0 radical (unpaired) electrons. The molecular weight excluding hydrogens is 296 g/mol. The number of alkyl halides is 1. The molecule has 78 valence electrons. The van der Waals surface area contributed by atoms with E-state index in [1.165, 1.54) is 11.3 Å². The molecule has 2 aromatic rings. The van der Waals surface area contributed by atoms with Gasteiger partial charge >= 0.3 is 0 Å². The standard InChI is InChI=1S/C9H7BrN2OS2/c10-3-5-4-12-8(13)6-1-2-14-7(6)11-9(12)15-5/h1-2,5H,3-4H2. The maximum Gasteiger partial charge on any atom is 0.262 e. The summed E-state index contributed by atoms with van der Waals surface area (Å²) >= 11 is 6.65. The molecule has 0 amide bonds. The zero-order valence-corrected chi connectivity index (χ0v) is 10.9. The number of fused-ring (bicyclic) bond motifs is 2. The molecule has 1 unspecified atom stereocenters. The third kappa shape index (κ3) is 1.46. The Labute approximate surface area is 103 Å². The van der Waals surface area contributed by atoms with Gasteiger partial charge < -0.3 is 0 Å². The van der Waals surface area contributed by atoms with Crippen molar-refractivity contribution in [3.8, 4) is 0 Å². The van der Waals surface area contributed by atoms with Gasteiger partial charge in [0.15, 0.2) is 5.16 Å². The van der Waals surface area contributed by atoms with E-state index < -0.39 is 0 Å². The average molecular weight is 303 g/mol. The van der Waals surface area contributed by atoms with E-state index >= 15 is 0 Å². The topological polar surface area (TPSA) is 34.9 Å². The molecule has 1 atom stereocenters. The minimum Gasteiger partial charge on any atom is -0.286 e. The summed E-state index contributed by atoms with van der Waals surface area (Å²) in [5, 5.41) is 4.86. The monoisotopic (exact) mass is 302 g/mol. The quantitative estimate of drug-likeness (QED) is 0.599. The number of rotatable bonds is 1. The second kappa shape index (κ2) is 3.61. The highest BCUT2D eigenvalue weighted by Crippen LogP contribution is 2.31. The highest BCUT2D eigenvalue weighted by molar-refractivity contribution is 9.09. The number of nitrogens with zero attached hydrogens (tertiary/aromatic N) is 2. The van der Waals surface area contributed by atoms with Crippen molar-refractivity contribution in [3.05, 3.63) is 21.8 Å². The third-order valence-corrected chi connectivity index (χ3v) is 5.57. The predicted octanol–water partition coefficient (Wildman–Crippen LogP) is 2.33. The first-order valence-corrected chi connectivity index (χ1v) is 7.38. The van der Waals surface area contributed by atoms with Crippen molar-refractivity contribution < 1.29 is 0 Å². The number of thioether (sulfide) groups is 1. The van der Waals surface area contributed by atoms with Gasteiger partial charge in [-0.3, -0.25) is 9.36 Å². The van der Waals surface area contributed by atoms with Crippen LogP contribution in [0.15, 0.2) is 21.4 Å². The molecule has 0 N–H and O–H groups in total. The fraction of sp³-hybridized carbons (Fsp3) is 0.333. The van der Waals surface area contributed by atoms with E-state index in [1.54, 1.807) is 16.3 Å². The van der Waals surface area contributed by atoms with Gasteiger partial charge in [-0.2, -0.15) is 0 Å². The Morgan fingerprint density at radius 3 is 3.33 bits per heavy atom. The van der Waals surface area contributed by atoms with Gasteiger partial charge in [0.1, 0.15) is 4.83 Å². The first-order chi connectivity index (χ1) is 7.29. The number of hydrogen-bond acceptors (Lipinski definition) is 4. The number of halogens is 1. The molecule has 2 aromatic heterocycles. The van der Waals surface area contributed by atoms with Gasteiger partial charge in [-0.25, -0.2) is 4.98 Å². The second-order valence-corrected chi connectivity index (χ2v) is 6.15. The third-order valence-electron chi connectivity index (χ3n) is 2.38. The normalized spacial score (nSPS) is 19.7. The SMILES string of the molecule is O=c1c2ccsc2nc2n1CC(CBr)S2. The predicted molar refractivity (Wildman–Crippen MR) is 67.3 cm³/mol. The van der Waals surface area contributed by atoms with E-state index in [0.717, 1.165) is 27.2 Å². The fourth-order valence-corrected chi connectivity index (χ4v) is 4.08. The van der Waals surface area contributed by atoms with Crippen LogP contribution in [0.25, 0.3) is 10.2 Å². The van der Waals surface area contributed by atoms with Crippen molar-refractivity contribution in [3.63, 3.8) is 0 Å². The van der Waals surface area contributed by atoms with Crippen LogP contribution in [-0.4, -0.2) is 20.1 Å². The highest BCUT2D eigenvalue weighted by Gasteiger charge is 2.24. The Hall–Kier alpha value is -0.330. The molecular formula is C9H7BrN2OS2. The Bertz CT molecular complexity index is 577. The summed E-state index contributed by atoms with van der Waals surface area (Å²) in [6.07, 6.45) is 0. The van der Waals surface area contributed by atoms with Gasteiger partial charge in [-0.15, -0.1) is 11.3 Å². The molecule has 0 aliphatic carbocycles. The number of thiophene rings is 1. The van der Waals surface area contributed by atoms with Gasteiger partial charge in [0, 0.05) is 17.1 Å². The van der Waals surface area contributed by atoms with Crippen molar-refractivity contribution in [2.75, 3.05) is 5.33 Å². The van der Waals surface area contributed by atoms with E-state index in [2.05, 4.69) is 20.9 Å². The van der Waals surface area contributed by atoms with E-state index in [-0.39, 0.29) is 5.56 Å². The summed E-state index contributed by atoms with van der Waals surface area (Å²) in [4.78, 5) is 17.4. The Morgan fingerprint density at radius 2 is 2.53 bits per heavy atom. The van der Waals surface area contributed by atoms with Gasteiger partial charge in [-0.1, -0.05) is 27.7 Å². The number of aromatic nitrogens is 2. The summed E-state index contributed by atoms with van der Waals surface area (Å²) in [5.74, 6) is 0. The Kier molecular flexibility index (Phi) is 2.37. The number of hydrogen-bond donors (Lipinski definition) is 0. The molecule has 0 spiro atoms. The minimum atomic E-state index is 0.104. The molecule has 3 rings (SSSR count). The lowest BCUT2D eigenvalue weighted by atomic mass is 10.4. The maximum atomic E-state index is 12.0. The van der Waals surface area contributed by atoms with Gasteiger partial charge in [0.05, 0.1) is 5.39 Å². The summed E-state index contributed by atoms with van der Waals surface area (Å²) in [7, 11) is 0. The van der Waals surface area contributed by atoms with Crippen LogP contribution in [-0.2, 0) is 6.54 Å². The lowest BCUT2D eigenvalue weighted by Gasteiger charge is -2.00. The fourth-order valence-electron chi connectivity index (χ4n) is 1.65. The average Bonchev–Trinajstić information content (AvgIpc) is 2.83. The second-order valence-electron chi connectivity index (χ2n) is 3.34. The van der Waals surface area contributed by atoms with Crippen molar-refractivity contribution in [1.29, 1.82) is 0 Å². The van der Waals surface area contributed by atoms with E-state index in [0.29, 0.717) is 5.25 Å². The molecule has 0 bridgehead atoms. The zero-order chi connectivity index (χ0) is 10.4. The first-order valence-electron chi connectivity index (χ1n) is 4.50. The first kappa shape index (κ1) is 9.86. The van der Waals surface area contributed by atoms with E-state index in [4.69, 9.17) is 0 Å². The lowest BCUT2D eigenvalue weighted by molar-refractivity contribution is 0.633. The van der Waals surface area contributed by atoms with Gasteiger partial charge in [0.25, 0.3) is 5.56 Å². The van der Waals surface area contributed by atoms with Crippen LogP contribution >= 0.6 is 39.0 Å². The van der Waals surface area contributed by atoms with Crippen LogP contribution < -0.4 is 5.56 Å². The van der Waals surface area contributed by atoms with Crippen LogP contribution in [0.2, 0.25) is 0 Å². The van der Waals surface area contributed by atoms with E-state index in [1.807, 2.05) is 11.4 Å². The van der Waals surface area contributed by atoms with Crippen LogP contribution in [0.3, 0.4) is 0 Å². The maximum absolute atomic E-state index is 12.0. The van der Waals surface area contributed by atoms with Crippen LogP contribution in [0.4, 0.5) is 0 Å². The van der Waals surface area contributed by atoms with Gasteiger partial charge in [-0.05, 0) is 11.4 Å². The molecule has 1 aliphatic heterocycles. The summed E-state index contributed by atoms with van der Waals surface area (Å²) < 4.78 is 1.78. The summed E-state index contributed by atoms with van der Waals surface area (Å²) in [5.41, 5.74) is 0.104. The zero-order valence-electron chi connectivity index (χ0n) is 7.64. The van der Waals surface area contributed by atoms with E-state index in [9.17, 15) is 4.79 Å². The smallest absolute Gasteiger partial charge is 0.262 e. The van der Waals surface area contributed by atoms with Crippen LogP contribution in [0.1, 0.15) is 0 Å². The molecule has 3 heterocycles. The lowest BCUT2D eigenvalue weighted by Crippen LogP contribution is -2.21. The molecule has 6 heteroatoms. The van der Waals surface area contributed by atoms with Crippen molar-refractivity contribution in [2.24, 2.45) is 0 Å². The van der Waals surface area contributed by atoms with Crippen molar-refractivity contribution in [2.45, 2.75) is 17.0 Å². The molecule has 0 saturated carbocycles.